The number of aliphatic hydroxyl groups is 1. The van der Waals surface area contributed by atoms with Gasteiger partial charge in [-0.25, -0.2) is 0 Å². The fourth-order valence-corrected chi connectivity index (χ4v) is 2.96. The van der Waals surface area contributed by atoms with Crippen LogP contribution in [0.2, 0.25) is 0 Å². The van der Waals surface area contributed by atoms with E-state index in [4.69, 9.17) is 5.11 Å². The molecule has 2 unspecified atom stereocenters. The van der Waals surface area contributed by atoms with Gasteiger partial charge in [0, 0.05) is 31.7 Å². The van der Waals surface area contributed by atoms with Gasteiger partial charge in [0.2, 0.25) is 5.91 Å². The van der Waals surface area contributed by atoms with Gasteiger partial charge in [0.1, 0.15) is 0 Å². The molecule has 0 saturated carbocycles. The second kappa shape index (κ2) is 8.54. The van der Waals surface area contributed by atoms with E-state index in [2.05, 4.69) is 26.1 Å². The lowest BCUT2D eigenvalue weighted by Gasteiger charge is -2.38. The number of nitrogens with one attached hydrogen (secondary N) is 1. The van der Waals surface area contributed by atoms with Gasteiger partial charge >= 0.3 is 0 Å². The number of hydrogen-bond donors (Lipinski definition) is 2. The first-order valence-electron chi connectivity index (χ1n) is 7.75. The summed E-state index contributed by atoms with van der Waals surface area (Å²) in [6.07, 6.45) is 3.77. The van der Waals surface area contributed by atoms with Crippen LogP contribution in [-0.4, -0.2) is 48.2 Å². The summed E-state index contributed by atoms with van der Waals surface area (Å²) in [6, 6.07) is 0.383. The number of piperidine rings is 1. The van der Waals surface area contributed by atoms with Crippen molar-refractivity contribution in [1.29, 1.82) is 0 Å². The third-order valence-electron chi connectivity index (χ3n) is 4.07. The molecule has 0 spiro atoms. The van der Waals surface area contributed by atoms with Crippen molar-refractivity contribution in [1.82, 2.24) is 10.2 Å². The van der Waals surface area contributed by atoms with E-state index >= 15 is 0 Å². The van der Waals surface area contributed by atoms with E-state index in [-0.39, 0.29) is 12.5 Å². The number of carbonyl (C=O) groups is 1. The third-order valence-corrected chi connectivity index (χ3v) is 4.07. The van der Waals surface area contributed by atoms with Crippen molar-refractivity contribution >= 4 is 5.91 Å². The molecule has 1 fully saturated rings. The maximum atomic E-state index is 12.4. The van der Waals surface area contributed by atoms with Crippen LogP contribution in [0.5, 0.6) is 0 Å². The van der Waals surface area contributed by atoms with Crippen molar-refractivity contribution in [3.05, 3.63) is 0 Å². The number of nitrogens with zero attached hydrogens (tertiary/aromatic N) is 1. The van der Waals surface area contributed by atoms with Crippen molar-refractivity contribution in [3.63, 3.8) is 0 Å². The summed E-state index contributed by atoms with van der Waals surface area (Å²) in [5.41, 5.74) is 0. The molecule has 0 bridgehead atoms. The van der Waals surface area contributed by atoms with Gasteiger partial charge in [-0.2, -0.15) is 0 Å². The molecule has 0 aromatic carbocycles. The summed E-state index contributed by atoms with van der Waals surface area (Å²) in [5.74, 6) is 1.06. The van der Waals surface area contributed by atoms with Crippen molar-refractivity contribution in [2.45, 2.75) is 52.5 Å². The molecule has 0 radical (unpaired) electrons. The molecule has 19 heavy (non-hydrogen) atoms. The van der Waals surface area contributed by atoms with E-state index < -0.39 is 0 Å². The lowest BCUT2D eigenvalue weighted by Crippen LogP contribution is -2.52. The number of amides is 1. The second-order valence-electron chi connectivity index (χ2n) is 5.83. The molecular formula is C15H30N2O2. The molecule has 1 aliphatic rings. The molecule has 1 heterocycles. The molecule has 1 amide bonds. The first-order valence-corrected chi connectivity index (χ1v) is 7.75. The van der Waals surface area contributed by atoms with Gasteiger partial charge in [0.25, 0.3) is 0 Å². The topological polar surface area (TPSA) is 52.6 Å². The Morgan fingerprint density at radius 1 is 1.37 bits per heavy atom. The van der Waals surface area contributed by atoms with E-state index in [1.54, 1.807) is 0 Å². The second-order valence-corrected chi connectivity index (χ2v) is 5.83. The fourth-order valence-electron chi connectivity index (χ4n) is 2.96. The molecule has 0 aromatic heterocycles. The zero-order valence-electron chi connectivity index (χ0n) is 12.7. The average molecular weight is 270 g/mol. The Bertz CT molecular complexity index is 267. The smallest absolute Gasteiger partial charge is 0.225 e. The highest BCUT2D eigenvalue weighted by Gasteiger charge is 2.29. The Morgan fingerprint density at radius 2 is 2.05 bits per heavy atom. The zero-order chi connectivity index (χ0) is 14.3. The summed E-state index contributed by atoms with van der Waals surface area (Å²) < 4.78 is 0. The molecule has 0 aromatic rings. The molecule has 1 rings (SSSR count). The van der Waals surface area contributed by atoms with Crippen LogP contribution in [0.1, 0.15) is 46.5 Å². The van der Waals surface area contributed by atoms with Crippen molar-refractivity contribution in [2.75, 3.05) is 26.2 Å². The zero-order valence-corrected chi connectivity index (χ0v) is 12.7. The highest BCUT2D eigenvalue weighted by atomic mass is 16.3. The first kappa shape index (κ1) is 16.4. The predicted octanol–water partition coefficient (Wildman–Crippen LogP) is 1.63. The van der Waals surface area contributed by atoms with E-state index in [0.717, 1.165) is 45.3 Å². The number of aliphatic hydroxyl groups excluding tert-OH is 1. The Kier molecular flexibility index (Phi) is 7.39. The number of hydrogen-bond acceptors (Lipinski definition) is 3. The van der Waals surface area contributed by atoms with E-state index in [9.17, 15) is 4.79 Å². The van der Waals surface area contributed by atoms with Crippen LogP contribution in [0.3, 0.4) is 0 Å². The Balaban J connectivity index is 2.51. The van der Waals surface area contributed by atoms with Gasteiger partial charge in [0.15, 0.2) is 0 Å². The van der Waals surface area contributed by atoms with Crippen LogP contribution in [0.25, 0.3) is 0 Å². The molecular weight excluding hydrogens is 240 g/mol. The van der Waals surface area contributed by atoms with Crippen molar-refractivity contribution < 1.29 is 9.90 Å². The quantitative estimate of drug-likeness (QED) is 0.691. The van der Waals surface area contributed by atoms with E-state index in [1.165, 1.54) is 0 Å². The van der Waals surface area contributed by atoms with Crippen molar-refractivity contribution in [3.8, 4) is 0 Å². The standard InChI is InChI=1S/C15H30N2O2/c1-4-13(5-2)15(19)17-10-12(3)9-14(11-17)16-7-6-8-18/h12-14,16,18H,4-11H2,1-3H3. The van der Waals surface area contributed by atoms with E-state index in [0.29, 0.717) is 17.9 Å². The normalized spacial score (nSPS) is 23.9. The number of likely N-dealkylation sites (tertiary alicyclic amines) is 1. The van der Waals surface area contributed by atoms with Gasteiger partial charge in [-0.1, -0.05) is 20.8 Å². The van der Waals surface area contributed by atoms with Gasteiger partial charge in [-0.3, -0.25) is 4.79 Å². The number of carbonyl (C=O) groups excluding carboxylic acids is 1. The summed E-state index contributed by atoms with van der Waals surface area (Å²) in [7, 11) is 0. The minimum atomic E-state index is 0.184. The predicted molar refractivity (Wildman–Crippen MR) is 77.9 cm³/mol. The van der Waals surface area contributed by atoms with Gasteiger partial charge in [-0.15, -0.1) is 0 Å². The summed E-state index contributed by atoms with van der Waals surface area (Å²) in [4.78, 5) is 14.5. The SMILES string of the molecule is CCC(CC)C(=O)N1CC(C)CC(NCCCO)C1. The molecule has 2 atom stereocenters. The van der Waals surface area contributed by atoms with Crippen LogP contribution in [0.4, 0.5) is 0 Å². The third kappa shape index (κ3) is 5.11. The van der Waals surface area contributed by atoms with Crippen LogP contribution in [-0.2, 0) is 4.79 Å². The molecule has 1 aliphatic heterocycles. The monoisotopic (exact) mass is 270 g/mol. The van der Waals surface area contributed by atoms with Crippen LogP contribution < -0.4 is 5.32 Å². The first-order chi connectivity index (χ1) is 9.12. The van der Waals surface area contributed by atoms with Crippen LogP contribution >= 0.6 is 0 Å². The fraction of sp³-hybridized carbons (Fsp3) is 0.933. The summed E-state index contributed by atoms with van der Waals surface area (Å²) in [6.45, 7) is 9.19. The molecule has 4 nitrogen and oxygen atoms in total. The molecule has 112 valence electrons. The summed E-state index contributed by atoms with van der Waals surface area (Å²) in [5, 5.41) is 12.3. The van der Waals surface area contributed by atoms with E-state index in [1.807, 2.05) is 4.90 Å². The highest BCUT2D eigenvalue weighted by Crippen LogP contribution is 2.20. The maximum Gasteiger partial charge on any atom is 0.225 e. The Hall–Kier alpha value is -0.610. The maximum absolute atomic E-state index is 12.4. The highest BCUT2D eigenvalue weighted by molar-refractivity contribution is 5.78. The van der Waals surface area contributed by atoms with Gasteiger partial charge in [-0.05, 0) is 38.1 Å². The molecule has 1 saturated heterocycles. The van der Waals surface area contributed by atoms with Crippen molar-refractivity contribution in [2.24, 2.45) is 11.8 Å². The van der Waals surface area contributed by atoms with Gasteiger partial charge in [0.05, 0.1) is 0 Å². The lowest BCUT2D eigenvalue weighted by molar-refractivity contribution is -0.138. The Labute approximate surface area is 117 Å². The number of rotatable bonds is 7. The van der Waals surface area contributed by atoms with Gasteiger partial charge < -0.3 is 15.3 Å². The molecule has 2 N–H and O–H groups in total. The minimum absolute atomic E-state index is 0.184. The molecule has 0 aliphatic carbocycles. The Morgan fingerprint density at radius 3 is 2.63 bits per heavy atom. The largest absolute Gasteiger partial charge is 0.396 e. The average Bonchev–Trinajstić information content (AvgIpc) is 2.39. The molecule has 4 heteroatoms. The minimum Gasteiger partial charge on any atom is -0.396 e. The van der Waals surface area contributed by atoms with Crippen LogP contribution in [0, 0.1) is 11.8 Å². The lowest BCUT2D eigenvalue weighted by atomic mass is 9.93. The summed E-state index contributed by atoms with van der Waals surface area (Å²) >= 11 is 0. The van der Waals surface area contributed by atoms with Crippen LogP contribution in [0.15, 0.2) is 0 Å².